The second-order valence-electron chi connectivity index (χ2n) is 4.02. The quantitative estimate of drug-likeness (QED) is 0.874. The molecule has 7 heteroatoms. The van der Waals surface area contributed by atoms with Gasteiger partial charge in [-0.2, -0.15) is 0 Å². The van der Waals surface area contributed by atoms with E-state index in [9.17, 15) is 21.6 Å². The topological polar surface area (TPSA) is 37.4 Å². The Kier molecular flexibility index (Phi) is 3.71. The van der Waals surface area contributed by atoms with Gasteiger partial charge in [0.2, 0.25) is 0 Å². The summed E-state index contributed by atoms with van der Waals surface area (Å²) in [4.78, 5) is -0.190. The van der Waals surface area contributed by atoms with Crippen LogP contribution in [-0.4, -0.2) is 15.5 Å². The highest BCUT2D eigenvalue weighted by Crippen LogP contribution is 2.25. The molecule has 2 aromatic rings. The second kappa shape index (κ2) is 5.16. The molecule has 0 aromatic heterocycles. The van der Waals surface area contributed by atoms with E-state index in [2.05, 4.69) is 0 Å². The molecule has 106 valence electrons. The first-order valence-electron chi connectivity index (χ1n) is 5.52. The number of halogens is 3. The summed E-state index contributed by atoms with van der Waals surface area (Å²) in [7, 11) is -2.91. The molecule has 0 aliphatic rings. The molecule has 0 spiro atoms. The Labute approximate surface area is 114 Å². The van der Waals surface area contributed by atoms with Gasteiger partial charge in [0.25, 0.3) is 10.0 Å². The van der Waals surface area contributed by atoms with E-state index in [0.717, 1.165) is 43.4 Å². The smallest absolute Gasteiger partial charge is 0.264 e. The van der Waals surface area contributed by atoms with Crippen molar-refractivity contribution in [1.29, 1.82) is 0 Å². The Bertz CT molecular complexity index is 730. The van der Waals surface area contributed by atoms with E-state index in [1.54, 1.807) is 0 Å². The fourth-order valence-electron chi connectivity index (χ4n) is 1.63. The molecule has 0 unspecified atom stereocenters. The number of rotatable bonds is 3. The van der Waals surface area contributed by atoms with Gasteiger partial charge in [0.1, 0.15) is 17.5 Å². The van der Waals surface area contributed by atoms with Crippen LogP contribution in [0.15, 0.2) is 47.4 Å². The zero-order valence-electron chi connectivity index (χ0n) is 10.3. The molecule has 2 rings (SSSR count). The van der Waals surface area contributed by atoms with E-state index in [-0.39, 0.29) is 10.6 Å². The maximum Gasteiger partial charge on any atom is 0.264 e. The molecule has 0 amide bonds. The van der Waals surface area contributed by atoms with Crippen LogP contribution in [-0.2, 0) is 10.0 Å². The van der Waals surface area contributed by atoms with Crippen LogP contribution >= 0.6 is 0 Å². The average molecular weight is 301 g/mol. The van der Waals surface area contributed by atoms with Crippen molar-refractivity contribution in [3.05, 3.63) is 59.9 Å². The molecular weight excluding hydrogens is 291 g/mol. The summed E-state index contributed by atoms with van der Waals surface area (Å²) in [5.74, 6) is -2.39. The molecule has 0 aliphatic carbocycles. The van der Waals surface area contributed by atoms with Crippen LogP contribution in [0, 0.1) is 17.5 Å². The predicted octanol–water partition coefficient (Wildman–Crippen LogP) is 2.93. The maximum atomic E-state index is 13.6. The van der Waals surface area contributed by atoms with Gasteiger partial charge in [0.05, 0.1) is 10.6 Å². The van der Waals surface area contributed by atoms with Crippen molar-refractivity contribution >= 4 is 15.7 Å². The molecule has 0 saturated carbocycles. The summed E-state index contributed by atoms with van der Waals surface area (Å²) >= 11 is 0. The first kappa shape index (κ1) is 14.4. The molecule has 0 radical (unpaired) electrons. The molecule has 0 fully saturated rings. The first-order chi connectivity index (χ1) is 9.32. The standard InChI is InChI=1S/C13H10F3NO2S/c1-17(13-7-4-10(15)8-12(13)16)20(18,19)11-5-2-9(14)3-6-11/h2-8H,1H3. The van der Waals surface area contributed by atoms with Crippen LogP contribution in [0.1, 0.15) is 0 Å². The van der Waals surface area contributed by atoms with Gasteiger partial charge in [-0.3, -0.25) is 4.31 Å². The van der Waals surface area contributed by atoms with Crippen molar-refractivity contribution < 1.29 is 21.6 Å². The van der Waals surface area contributed by atoms with E-state index in [1.807, 2.05) is 0 Å². The Morgan fingerprint density at radius 1 is 0.900 bits per heavy atom. The number of anilines is 1. The van der Waals surface area contributed by atoms with Crippen molar-refractivity contribution in [2.24, 2.45) is 0 Å². The third-order valence-corrected chi connectivity index (χ3v) is 4.51. The molecule has 0 atom stereocenters. The number of nitrogens with zero attached hydrogens (tertiary/aromatic N) is 1. The summed E-state index contributed by atoms with van der Waals surface area (Å²) in [6.45, 7) is 0. The molecule has 0 N–H and O–H groups in total. The van der Waals surface area contributed by atoms with Crippen LogP contribution in [0.3, 0.4) is 0 Å². The largest absolute Gasteiger partial charge is 0.266 e. The summed E-state index contributed by atoms with van der Waals surface area (Å²) in [6, 6.07) is 6.68. The Morgan fingerprint density at radius 2 is 1.45 bits per heavy atom. The highest BCUT2D eigenvalue weighted by molar-refractivity contribution is 7.92. The minimum Gasteiger partial charge on any atom is -0.266 e. The monoisotopic (exact) mass is 301 g/mol. The molecule has 0 bridgehead atoms. The Balaban J connectivity index is 2.45. The number of hydrogen-bond acceptors (Lipinski definition) is 2. The number of hydrogen-bond donors (Lipinski definition) is 0. The van der Waals surface area contributed by atoms with E-state index < -0.39 is 27.5 Å². The Morgan fingerprint density at radius 3 is 2.00 bits per heavy atom. The van der Waals surface area contributed by atoms with Gasteiger partial charge in [-0.1, -0.05) is 0 Å². The fraction of sp³-hybridized carbons (Fsp3) is 0.0769. The van der Waals surface area contributed by atoms with Gasteiger partial charge in [0, 0.05) is 13.1 Å². The molecule has 0 aliphatic heterocycles. The lowest BCUT2D eigenvalue weighted by atomic mass is 10.3. The summed E-state index contributed by atoms with van der Waals surface area (Å²) in [6.07, 6.45) is 0. The van der Waals surface area contributed by atoms with Crippen LogP contribution in [0.5, 0.6) is 0 Å². The van der Waals surface area contributed by atoms with Gasteiger partial charge >= 0.3 is 0 Å². The van der Waals surface area contributed by atoms with Gasteiger partial charge in [0.15, 0.2) is 0 Å². The van der Waals surface area contributed by atoms with Gasteiger partial charge in [-0.15, -0.1) is 0 Å². The van der Waals surface area contributed by atoms with Crippen molar-refractivity contribution in [3.8, 4) is 0 Å². The van der Waals surface area contributed by atoms with Crippen LogP contribution in [0.25, 0.3) is 0 Å². The normalized spacial score (nSPS) is 11.4. The van der Waals surface area contributed by atoms with E-state index in [0.29, 0.717) is 10.4 Å². The van der Waals surface area contributed by atoms with Gasteiger partial charge in [-0.25, -0.2) is 21.6 Å². The van der Waals surface area contributed by atoms with Crippen LogP contribution in [0.2, 0.25) is 0 Å². The third-order valence-electron chi connectivity index (χ3n) is 2.72. The minimum absolute atomic E-state index is 0.190. The number of benzene rings is 2. The first-order valence-corrected chi connectivity index (χ1v) is 6.96. The van der Waals surface area contributed by atoms with Gasteiger partial charge < -0.3 is 0 Å². The predicted molar refractivity (Wildman–Crippen MR) is 68.3 cm³/mol. The zero-order chi connectivity index (χ0) is 14.9. The maximum absolute atomic E-state index is 13.6. The molecular formula is C13H10F3NO2S. The minimum atomic E-state index is -4.04. The highest BCUT2D eigenvalue weighted by Gasteiger charge is 2.23. The second-order valence-corrected chi connectivity index (χ2v) is 5.99. The SMILES string of the molecule is CN(c1ccc(F)cc1F)S(=O)(=O)c1ccc(F)cc1. The van der Waals surface area contributed by atoms with E-state index in [1.165, 1.54) is 0 Å². The average Bonchev–Trinajstić information content (AvgIpc) is 2.38. The highest BCUT2D eigenvalue weighted by atomic mass is 32.2. The summed E-state index contributed by atoms with van der Waals surface area (Å²) < 4.78 is 64.4. The van der Waals surface area contributed by atoms with Crippen molar-refractivity contribution in [1.82, 2.24) is 0 Å². The molecule has 2 aromatic carbocycles. The summed E-state index contributed by atoms with van der Waals surface area (Å²) in [5, 5.41) is 0. The van der Waals surface area contributed by atoms with E-state index >= 15 is 0 Å². The Hall–Kier alpha value is -2.02. The van der Waals surface area contributed by atoms with Crippen molar-refractivity contribution in [3.63, 3.8) is 0 Å². The lowest BCUT2D eigenvalue weighted by molar-refractivity contribution is 0.576. The summed E-state index contributed by atoms with van der Waals surface area (Å²) in [5.41, 5.74) is -0.296. The van der Waals surface area contributed by atoms with Gasteiger partial charge in [-0.05, 0) is 36.4 Å². The zero-order valence-corrected chi connectivity index (χ0v) is 11.2. The lowest BCUT2D eigenvalue weighted by Crippen LogP contribution is -2.27. The fourth-order valence-corrected chi connectivity index (χ4v) is 2.83. The van der Waals surface area contributed by atoms with Crippen molar-refractivity contribution in [2.45, 2.75) is 4.90 Å². The van der Waals surface area contributed by atoms with Crippen LogP contribution in [0.4, 0.5) is 18.9 Å². The number of sulfonamides is 1. The van der Waals surface area contributed by atoms with Crippen molar-refractivity contribution in [2.75, 3.05) is 11.4 Å². The van der Waals surface area contributed by atoms with Crippen LogP contribution < -0.4 is 4.31 Å². The third kappa shape index (κ3) is 2.62. The molecule has 20 heavy (non-hydrogen) atoms. The van der Waals surface area contributed by atoms with E-state index in [4.69, 9.17) is 0 Å². The molecule has 3 nitrogen and oxygen atoms in total. The molecule has 0 heterocycles. The molecule has 0 saturated heterocycles. The lowest BCUT2D eigenvalue weighted by Gasteiger charge is -2.20.